The lowest BCUT2D eigenvalue weighted by molar-refractivity contribution is -0.151. The number of carboxylic acid groups (broad SMARTS) is 1. The number of rotatable bonds is 4. The Hall–Kier alpha value is -1.36. The fraction of sp³-hybridized carbons (Fsp3) is 0.667. The maximum atomic E-state index is 12.1. The van der Waals surface area contributed by atoms with Crippen LogP contribution in [-0.2, 0) is 9.59 Å². The minimum Gasteiger partial charge on any atom is -0.481 e. The molecule has 0 fully saturated rings. The molecule has 0 aromatic rings. The van der Waals surface area contributed by atoms with E-state index >= 15 is 0 Å². The molecule has 1 rings (SSSR count). The number of carbonyl (C=O) groups is 2. The minimum atomic E-state index is -0.933. The van der Waals surface area contributed by atoms with Crippen molar-refractivity contribution in [2.75, 3.05) is 13.7 Å². The molecular weight excluding hydrogens is 222 g/mol. The van der Waals surface area contributed by atoms with E-state index in [0.29, 0.717) is 12.8 Å². The van der Waals surface area contributed by atoms with Gasteiger partial charge in [0.1, 0.15) is 0 Å². The van der Waals surface area contributed by atoms with Crippen molar-refractivity contribution in [3.63, 3.8) is 0 Å². The van der Waals surface area contributed by atoms with Gasteiger partial charge in [0.2, 0.25) is 5.91 Å². The molecule has 0 heterocycles. The first-order chi connectivity index (χ1) is 7.99. The number of carbonyl (C=O) groups excluding carboxylic acids is 1. The third-order valence-electron chi connectivity index (χ3n) is 3.34. The predicted octanol–water partition coefficient (Wildman–Crippen LogP) is 0.493. The summed E-state index contributed by atoms with van der Waals surface area (Å²) in [5.74, 6) is -2.31. The van der Waals surface area contributed by atoms with E-state index in [1.54, 1.807) is 20.0 Å². The van der Waals surface area contributed by atoms with Crippen LogP contribution in [0.5, 0.6) is 0 Å². The van der Waals surface area contributed by atoms with E-state index in [1.807, 2.05) is 6.08 Å². The van der Waals surface area contributed by atoms with Crippen LogP contribution in [0.15, 0.2) is 12.2 Å². The molecule has 0 saturated carbocycles. The van der Waals surface area contributed by atoms with Gasteiger partial charge in [-0.25, -0.2) is 0 Å². The Balaban J connectivity index is 2.79. The summed E-state index contributed by atoms with van der Waals surface area (Å²) in [7, 11) is 1.60. The van der Waals surface area contributed by atoms with Gasteiger partial charge in [-0.3, -0.25) is 9.59 Å². The molecule has 0 radical (unpaired) electrons. The largest absolute Gasteiger partial charge is 0.481 e. The summed E-state index contributed by atoms with van der Waals surface area (Å²) >= 11 is 0. The van der Waals surface area contributed by atoms with Crippen LogP contribution in [-0.4, -0.2) is 46.7 Å². The first-order valence-electron chi connectivity index (χ1n) is 5.74. The summed E-state index contributed by atoms with van der Waals surface area (Å²) in [4.78, 5) is 24.6. The second-order valence-corrected chi connectivity index (χ2v) is 4.47. The van der Waals surface area contributed by atoms with Crippen molar-refractivity contribution in [1.82, 2.24) is 4.90 Å². The molecule has 5 nitrogen and oxygen atoms in total. The molecule has 1 aliphatic rings. The zero-order valence-corrected chi connectivity index (χ0v) is 10.2. The first kappa shape index (κ1) is 13.7. The van der Waals surface area contributed by atoms with Crippen molar-refractivity contribution in [1.29, 1.82) is 0 Å². The van der Waals surface area contributed by atoms with E-state index in [0.717, 1.165) is 0 Å². The molecule has 0 aromatic heterocycles. The number of aliphatic carboxylic acids is 1. The highest BCUT2D eigenvalue weighted by atomic mass is 16.4. The number of amides is 1. The lowest BCUT2D eigenvalue weighted by Gasteiger charge is -2.31. The van der Waals surface area contributed by atoms with Gasteiger partial charge in [-0.05, 0) is 19.8 Å². The smallest absolute Gasteiger partial charge is 0.307 e. The van der Waals surface area contributed by atoms with Crippen LogP contribution in [0.25, 0.3) is 0 Å². The van der Waals surface area contributed by atoms with Gasteiger partial charge in [0.15, 0.2) is 0 Å². The summed E-state index contributed by atoms with van der Waals surface area (Å²) in [6, 6.07) is -0.289. The van der Waals surface area contributed by atoms with Gasteiger partial charge in [0.05, 0.1) is 24.5 Å². The van der Waals surface area contributed by atoms with Crippen molar-refractivity contribution in [3.05, 3.63) is 12.2 Å². The minimum absolute atomic E-state index is 0.122. The quantitative estimate of drug-likeness (QED) is 0.702. The van der Waals surface area contributed by atoms with Crippen LogP contribution in [0, 0.1) is 11.8 Å². The van der Waals surface area contributed by atoms with Crippen LogP contribution in [0.3, 0.4) is 0 Å². The maximum absolute atomic E-state index is 12.1. The number of aliphatic hydroxyl groups excluding tert-OH is 1. The van der Waals surface area contributed by atoms with E-state index in [-0.39, 0.29) is 18.6 Å². The lowest BCUT2D eigenvalue weighted by atomic mass is 9.82. The van der Waals surface area contributed by atoms with Crippen LogP contribution in [0.4, 0.5) is 0 Å². The Morgan fingerprint density at radius 2 is 1.88 bits per heavy atom. The zero-order valence-electron chi connectivity index (χ0n) is 10.2. The average molecular weight is 241 g/mol. The Morgan fingerprint density at radius 3 is 2.35 bits per heavy atom. The van der Waals surface area contributed by atoms with Crippen molar-refractivity contribution in [2.45, 2.75) is 25.8 Å². The van der Waals surface area contributed by atoms with Crippen molar-refractivity contribution < 1.29 is 19.8 Å². The van der Waals surface area contributed by atoms with Gasteiger partial charge in [0.25, 0.3) is 0 Å². The van der Waals surface area contributed by atoms with E-state index in [9.17, 15) is 9.59 Å². The van der Waals surface area contributed by atoms with Crippen molar-refractivity contribution in [2.24, 2.45) is 11.8 Å². The Morgan fingerprint density at radius 1 is 1.35 bits per heavy atom. The van der Waals surface area contributed by atoms with Crippen LogP contribution in [0.2, 0.25) is 0 Å². The summed E-state index contributed by atoms with van der Waals surface area (Å²) in [5, 5.41) is 18.1. The van der Waals surface area contributed by atoms with Crippen LogP contribution < -0.4 is 0 Å². The molecule has 1 amide bonds. The van der Waals surface area contributed by atoms with E-state index in [2.05, 4.69) is 0 Å². The summed E-state index contributed by atoms with van der Waals surface area (Å²) < 4.78 is 0. The second kappa shape index (κ2) is 5.82. The number of allylic oxidation sites excluding steroid dienone is 2. The topological polar surface area (TPSA) is 77.8 Å². The SMILES string of the molecule is CC(CO)N(C)C(=O)C1CC=CCC1C(=O)O. The molecule has 2 N–H and O–H groups in total. The average Bonchev–Trinajstić information content (AvgIpc) is 2.35. The highest BCUT2D eigenvalue weighted by Crippen LogP contribution is 2.27. The molecule has 3 atom stereocenters. The van der Waals surface area contributed by atoms with Gasteiger partial charge >= 0.3 is 5.97 Å². The van der Waals surface area contributed by atoms with Gasteiger partial charge in [0, 0.05) is 7.05 Å². The number of nitrogens with zero attached hydrogens (tertiary/aromatic N) is 1. The lowest BCUT2D eigenvalue weighted by Crippen LogP contribution is -2.44. The third-order valence-corrected chi connectivity index (χ3v) is 3.34. The molecule has 5 heteroatoms. The fourth-order valence-corrected chi connectivity index (χ4v) is 1.96. The summed E-state index contributed by atoms with van der Waals surface area (Å²) in [6.07, 6.45) is 4.50. The molecular formula is C12H19NO4. The highest BCUT2D eigenvalue weighted by molar-refractivity contribution is 5.85. The summed E-state index contributed by atoms with van der Waals surface area (Å²) in [6.45, 7) is 1.61. The third kappa shape index (κ3) is 3.06. The van der Waals surface area contributed by atoms with Crippen molar-refractivity contribution >= 4 is 11.9 Å². The molecule has 96 valence electrons. The van der Waals surface area contributed by atoms with Gasteiger partial charge < -0.3 is 15.1 Å². The summed E-state index contributed by atoms with van der Waals surface area (Å²) in [5.41, 5.74) is 0. The number of aliphatic hydroxyl groups is 1. The Kier molecular flexibility index (Phi) is 4.69. The van der Waals surface area contributed by atoms with Crippen molar-refractivity contribution in [3.8, 4) is 0 Å². The Bertz CT molecular complexity index is 326. The molecule has 1 aliphatic carbocycles. The van der Waals surface area contributed by atoms with Gasteiger partial charge in [-0.15, -0.1) is 0 Å². The maximum Gasteiger partial charge on any atom is 0.307 e. The van der Waals surface area contributed by atoms with E-state index in [4.69, 9.17) is 10.2 Å². The molecule has 3 unspecified atom stereocenters. The molecule has 0 spiro atoms. The number of hydrogen-bond acceptors (Lipinski definition) is 3. The highest BCUT2D eigenvalue weighted by Gasteiger charge is 2.36. The molecule has 0 bridgehead atoms. The zero-order chi connectivity index (χ0) is 13.0. The molecule has 0 aromatic carbocycles. The van der Waals surface area contributed by atoms with Crippen LogP contribution >= 0.6 is 0 Å². The van der Waals surface area contributed by atoms with E-state index in [1.165, 1.54) is 4.90 Å². The van der Waals surface area contributed by atoms with Crippen LogP contribution in [0.1, 0.15) is 19.8 Å². The van der Waals surface area contributed by atoms with Gasteiger partial charge in [-0.2, -0.15) is 0 Å². The second-order valence-electron chi connectivity index (χ2n) is 4.47. The molecule has 0 saturated heterocycles. The first-order valence-corrected chi connectivity index (χ1v) is 5.74. The number of likely N-dealkylation sites (N-methyl/N-ethyl adjacent to an activating group) is 1. The molecule has 17 heavy (non-hydrogen) atoms. The normalized spacial score (nSPS) is 25.4. The fourth-order valence-electron chi connectivity index (χ4n) is 1.96. The monoisotopic (exact) mass is 241 g/mol. The molecule has 0 aliphatic heterocycles. The number of carboxylic acids is 1. The Labute approximate surface area is 101 Å². The number of hydrogen-bond donors (Lipinski definition) is 2. The van der Waals surface area contributed by atoms with E-state index < -0.39 is 17.8 Å². The standard InChI is InChI=1S/C12H19NO4/c1-8(7-14)13(2)11(15)9-5-3-4-6-10(9)12(16)17/h3-4,8-10,14H,5-7H2,1-2H3,(H,16,17). The predicted molar refractivity (Wildman–Crippen MR) is 62.3 cm³/mol. The van der Waals surface area contributed by atoms with Gasteiger partial charge in [-0.1, -0.05) is 12.2 Å².